The third-order valence-corrected chi connectivity index (χ3v) is 6.14. The van der Waals surface area contributed by atoms with Crippen LogP contribution in [-0.4, -0.2) is 39.1 Å². The Morgan fingerprint density at radius 2 is 1.92 bits per heavy atom. The van der Waals surface area contributed by atoms with E-state index in [9.17, 15) is 4.79 Å². The lowest BCUT2D eigenvalue weighted by Gasteiger charge is -2.33. The molecule has 1 aliphatic carbocycles. The summed E-state index contributed by atoms with van der Waals surface area (Å²) in [5, 5.41) is 0. The Balaban J connectivity index is 1.46. The standard InChI is InChI=1S/C20H26BNO4/c1-19(2)12-25-21(26-13-19)14-6-7-16-15(11-14)20(8-9-20)18(23)22(16)17-5-3-4-10-24-17/h6-7,11,17H,3-5,8-10,12-13H2,1-2H3. The summed E-state index contributed by atoms with van der Waals surface area (Å²) in [6, 6.07) is 6.26. The molecule has 1 unspecified atom stereocenters. The molecule has 0 radical (unpaired) electrons. The van der Waals surface area contributed by atoms with E-state index in [0.717, 1.165) is 55.4 Å². The molecule has 4 aliphatic rings. The number of fused-ring (bicyclic) bond motifs is 2. The topological polar surface area (TPSA) is 48.0 Å². The molecule has 3 aliphatic heterocycles. The van der Waals surface area contributed by atoms with Crippen molar-refractivity contribution in [1.82, 2.24) is 0 Å². The summed E-state index contributed by atoms with van der Waals surface area (Å²) in [4.78, 5) is 15.1. The van der Waals surface area contributed by atoms with Crippen LogP contribution in [-0.2, 0) is 24.3 Å². The van der Waals surface area contributed by atoms with Crippen LogP contribution < -0.4 is 10.4 Å². The van der Waals surface area contributed by atoms with Crippen molar-refractivity contribution in [2.75, 3.05) is 24.7 Å². The lowest BCUT2D eigenvalue weighted by atomic mass is 9.74. The molecule has 3 heterocycles. The first kappa shape index (κ1) is 16.8. The Hall–Kier alpha value is -1.37. The van der Waals surface area contributed by atoms with Gasteiger partial charge in [-0.3, -0.25) is 9.69 Å². The number of rotatable bonds is 2. The van der Waals surface area contributed by atoms with Gasteiger partial charge in [0.15, 0.2) is 0 Å². The molecule has 5 rings (SSSR count). The Labute approximate surface area is 155 Å². The van der Waals surface area contributed by atoms with Crippen LogP contribution in [0.2, 0.25) is 0 Å². The zero-order valence-corrected chi connectivity index (χ0v) is 15.6. The van der Waals surface area contributed by atoms with Crippen molar-refractivity contribution in [3.63, 3.8) is 0 Å². The zero-order valence-electron chi connectivity index (χ0n) is 15.6. The molecule has 26 heavy (non-hydrogen) atoms. The number of hydrogen-bond acceptors (Lipinski definition) is 4. The fourth-order valence-corrected chi connectivity index (χ4v) is 4.46. The van der Waals surface area contributed by atoms with Crippen LogP contribution in [0.25, 0.3) is 0 Å². The van der Waals surface area contributed by atoms with Gasteiger partial charge in [-0.25, -0.2) is 0 Å². The molecular weight excluding hydrogens is 329 g/mol. The van der Waals surface area contributed by atoms with E-state index in [2.05, 4.69) is 26.0 Å². The first-order valence-electron chi connectivity index (χ1n) is 9.83. The Kier molecular flexibility index (Phi) is 3.75. The summed E-state index contributed by atoms with van der Waals surface area (Å²) in [6.45, 7) is 6.40. The Morgan fingerprint density at radius 1 is 1.15 bits per heavy atom. The third-order valence-electron chi connectivity index (χ3n) is 6.14. The highest BCUT2D eigenvalue weighted by Gasteiger charge is 2.60. The maximum absolute atomic E-state index is 13.2. The highest BCUT2D eigenvalue weighted by atomic mass is 16.6. The van der Waals surface area contributed by atoms with E-state index in [1.165, 1.54) is 0 Å². The van der Waals surface area contributed by atoms with Crippen molar-refractivity contribution < 1.29 is 18.8 Å². The summed E-state index contributed by atoms with van der Waals surface area (Å²) >= 11 is 0. The normalized spacial score (nSPS) is 29.2. The SMILES string of the molecule is CC1(C)COB(c2ccc3c(c2)C2(CC2)C(=O)N3C2CCCCO2)OC1. The lowest BCUT2D eigenvalue weighted by molar-refractivity contribution is -0.123. The number of carbonyl (C=O) groups is 1. The fourth-order valence-electron chi connectivity index (χ4n) is 4.46. The third kappa shape index (κ3) is 2.54. The molecule has 1 amide bonds. The molecule has 138 valence electrons. The Morgan fingerprint density at radius 3 is 2.58 bits per heavy atom. The smallest absolute Gasteiger partial charge is 0.407 e. The fraction of sp³-hybridized carbons (Fsp3) is 0.650. The summed E-state index contributed by atoms with van der Waals surface area (Å²) in [7, 11) is -0.334. The van der Waals surface area contributed by atoms with Crippen LogP contribution >= 0.6 is 0 Å². The van der Waals surface area contributed by atoms with E-state index in [-0.39, 0.29) is 30.1 Å². The van der Waals surface area contributed by atoms with Crippen molar-refractivity contribution in [2.24, 2.45) is 5.41 Å². The largest absolute Gasteiger partial charge is 0.493 e. The quantitative estimate of drug-likeness (QED) is 0.765. The van der Waals surface area contributed by atoms with Gasteiger partial charge in [-0.2, -0.15) is 0 Å². The van der Waals surface area contributed by atoms with Gasteiger partial charge in [0.25, 0.3) is 0 Å². The van der Waals surface area contributed by atoms with E-state index >= 15 is 0 Å². The van der Waals surface area contributed by atoms with Gasteiger partial charge in [-0.15, -0.1) is 0 Å². The molecule has 1 aromatic rings. The average molecular weight is 355 g/mol. The van der Waals surface area contributed by atoms with Crippen LogP contribution in [0, 0.1) is 5.41 Å². The highest BCUT2D eigenvalue weighted by molar-refractivity contribution is 6.61. The molecule has 1 aromatic carbocycles. The van der Waals surface area contributed by atoms with Gasteiger partial charge in [0.2, 0.25) is 5.91 Å². The number of amides is 1. The number of ether oxygens (including phenoxy) is 1. The first-order valence-corrected chi connectivity index (χ1v) is 9.83. The molecule has 1 atom stereocenters. The van der Waals surface area contributed by atoms with Gasteiger partial charge >= 0.3 is 7.12 Å². The summed E-state index contributed by atoms with van der Waals surface area (Å²) in [6.07, 6.45) is 4.89. The molecule has 0 bridgehead atoms. The highest BCUT2D eigenvalue weighted by Crippen LogP contribution is 2.57. The first-order chi connectivity index (χ1) is 12.5. The molecule has 1 saturated carbocycles. The van der Waals surface area contributed by atoms with Crippen LogP contribution in [0.1, 0.15) is 51.5 Å². The predicted molar refractivity (Wildman–Crippen MR) is 99.5 cm³/mol. The van der Waals surface area contributed by atoms with Crippen molar-refractivity contribution in [3.05, 3.63) is 23.8 Å². The maximum atomic E-state index is 13.2. The Bertz CT molecular complexity index is 729. The average Bonchev–Trinajstić information content (AvgIpc) is 3.41. The summed E-state index contributed by atoms with van der Waals surface area (Å²) in [5.74, 6) is 0.225. The molecular formula is C20H26BNO4. The van der Waals surface area contributed by atoms with Crippen LogP contribution in [0.3, 0.4) is 0 Å². The molecule has 0 N–H and O–H groups in total. The molecule has 0 aromatic heterocycles. The molecule has 3 fully saturated rings. The predicted octanol–water partition coefficient (Wildman–Crippen LogP) is 2.36. The number of carbonyl (C=O) groups excluding carboxylic acids is 1. The lowest BCUT2D eigenvalue weighted by Crippen LogP contribution is -2.47. The van der Waals surface area contributed by atoms with E-state index in [0.29, 0.717) is 13.2 Å². The van der Waals surface area contributed by atoms with Crippen LogP contribution in [0.4, 0.5) is 5.69 Å². The number of hydrogen-bond donors (Lipinski definition) is 0. The van der Waals surface area contributed by atoms with E-state index in [1.54, 1.807) is 0 Å². The number of nitrogens with zero attached hydrogens (tertiary/aromatic N) is 1. The van der Waals surface area contributed by atoms with Crippen LogP contribution in [0.15, 0.2) is 18.2 Å². The monoisotopic (exact) mass is 355 g/mol. The number of benzene rings is 1. The minimum atomic E-state index is -0.334. The maximum Gasteiger partial charge on any atom is 0.493 e. The molecule has 6 heteroatoms. The second-order valence-electron chi connectivity index (χ2n) is 8.97. The van der Waals surface area contributed by atoms with Crippen molar-refractivity contribution >= 4 is 24.2 Å². The van der Waals surface area contributed by atoms with Crippen molar-refractivity contribution in [2.45, 2.75) is 57.6 Å². The van der Waals surface area contributed by atoms with Gasteiger partial charge in [0, 0.05) is 25.2 Å². The van der Waals surface area contributed by atoms with Gasteiger partial charge in [0.05, 0.1) is 11.1 Å². The van der Waals surface area contributed by atoms with Gasteiger partial charge < -0.3 is 14.0 Å². The van der Waals surface area contributed by atoms with Crippen molar-refractivity contribution in [1.29, 1.82) is 0 Å². The molecule has 5 nitrogen and oxygen atoms in total. The molecule has 2 saturated heterocycles. The van der Waals surface area contributed by atoms with E-state index in [4.69, 9.17) is 14.0 Å². The minimum absolute atomic E-state index is 0.0516. The van der Waals surface area contributed by atoms with Gasteiger partial charge in [0.1, 0.15) is 6.23 Å². The zero-order chi connectivity index (χ0) is 17.9. The molecule has 1 spiro atoms. The van der Waals surface area contributed by atoms with Gasteiger partial charge in [-0.1, -0.05) is 26.0 Å². The minimum Gasteiger partial charge on any atom is -0.407 e. The number of anilines is 1. The van der Waals surface area contributed by atoms with E-state index in [1.807, 2.05) is 11.0 Å². The second-order valence-corrected chi connectivity index (χ2v) is 8.97. The van der Waals surface area contributed by atoms with E-state index < -0.39 is 0 Å². The summed E-state index contributed by atoms with van der Waals surface area (Å²) < 4.78 is 17.8. The van der Waals surface area contributed by atoms with Gasteiger partial charge in [-0.05, 0) is 49.2 Å². The van der Waals surface area contributed by atoms with Crippen LogP contribution in [0.5, 0.6) is 0 Å². The van der Waals surface area contributed by atoms with Crippen molar-refractivity contribution in [3.8, 4) is 0 Å². The summed E-state index contributed by atoms with van der Waals surface area (Å²) in [5.41, 5.74) is 2.92. The second kappa shape index (κ2) is 5.81.